The number of carboxylic acids is 2. The SMILES string of the molecule is CC(N)C(=O)NC(Cc1cnc[nH]1)C(=O)NC(CC(=O)O)C(=O)N1CCCC1C(=O)O. The van der Waals surface area contributed by atoms with E-state index >= 15 is 0 Å². The number of carbonyl (C=O) groups is 5. The van der Waals surface area contributed by atoms with Gasteiger partial charge in [-0.2, -0.15) is 0 Å². The first-order valence-corrected chi connectivity index (χ1v) is 9.68. The van der Waals surface area contributed by atoms with Crippen molar-refractivity contribution in [1.29, 1.82) is 0 Å². The molecule has 0 radical (unpaired) electrons. The Bertz CT molecular complexity index is 825. The molecule has 0 aliphatic carbocycles. The molecule has 1 saturated heterocycles. The minimum absolute atomic E-state index is 0.0141. The molecule has 2 rings (SSSR count). The van der Waals surface area contributed by atoms with Crippen LogP contribution in [-0.2, 0) is 30.4 Å². The molecule has 4 unspecified atom stereocenters. The van der Waals surface area contributed by atoms with E-state index in [0.717, 1.165) is 4.90 Å². The molecule has 2 heterocycles. The normalized spacial score (nSPS) is 18.6. The molecule has 0 aromatic carbocycles. The van der Waals surface area contributed by atoms with Crippen LogP contribution >= 0.6 is 0 Å². The number of nitrogens with two attached hydrogens (primary N) is 1. The van der Waals surface area contributed by atoms with Crippen LogP contribution in [0.2, 0.25) is 0 Å². The molecule has 1 aliphatic heterocycles. The van der Waals surface area contributed by atoms with Crippen molar-refractivity contribution in [2.75, 3.05) is 6.54 Å². The van der Waals surface area contributed by atoms with Crippen molar-refractivity contribution in [1.82, 2.24) is 25.5 Å². The molecule has 1 aromatic heterocycles. The standard InChI is InChI=1S/C18H26N6O7/c1-9(19)15(27)22-11(5-10-7-20-8-21-10)16(28)23-12(6-14(25)26)17(29)24-4-2-3-13(24)18(30)31/h7-9,11-13H,2-6,19H2,1H3,(H,20,21)(H,22,27)(H,23,28)(H,25,26)(H,30,31). The number of carbonyl (C=O) groups excluding carboxylic acids is 3. The van der Waals surface area contributed by atoms with Crippen molar-refractivity contribution >= 4 is 29.7 Å². The summed E-state index contributed by atoms with van der Waals surface area (Å²) in [4.78, 5) is 68.1. The van der Waals surface area contributed by atoms with Gasteiger partial charge in [0.2, 0.25) is 17.7 Å². The Morgan fingerprint density at radius 1 is 1.23 bits per heavy atom. The smallest absolute Gasteiger partial charge is 0.326 e. The molecule has 1 fully saturated rings. The van der Waals surface area contributed by atoms with Gasteiger partial charge in [-0.3, -0.25) is 19.2 Å². The lowest BCUT2D eigenvalue weighted by Gasteiger charge is -2.28. The molecule has 13 heteroatoms. The molecule has 7 N–H and O–H groups in total. The Morgan fingerprint density at radius 2 is 1.90 bits per heavy atom. The second-order valence-electron chi connectivity index (χ2n) is 7.32. The number of hydrogen-bond acceptors (Lipinski definition) is 7. The summed E-state index contributed by atoms with van der Waals surface area (Å²) in [6.45, 7) is 1.57. The van der Waals surface area contributed by atoms with Gasteiger partial charge in [-0.15, -0.1) is 0 Å². The summed E-state index contributed by atoms with van der Waals surface area (Å²) < 4.78 is 0. The van der Waals surface area contributed by atoms with Gasteiger partial charge in [0.15, 0.2) is 0 Å². The van der Waals surface area contributed by atoms with E-state index in [0.29, 0.717) is 12.1 Å². The van der Waals surface area contributed by atoms with Crippen LogP contribution in [0.15, 0.2) is 12.5 Å². The average Bonchev–Trinajstić information content (AvgIpc) is 3.37. The minimum atomic E-state index is -1.50. The Morgan fingerprint density at radius 3 is 2.45 bits per heavy atom. The number of aromatic nitrogens is 2. The van der Waals surface area contributed by atoms with Crippen LogP contribution in [0.4, 0.5) is 0 Å². The van der Waals surface area contributed by atoms with Crippen molar-refractivity contribution in [3.05, 3.63) is 18.2 Å². The number of aliphatic carboxylic acids is 2. The van der Waals surface area contributed by atoms with E-state index in [4.69, 9.17) is 5.73 Å². The second kappa shape index (κ2) is 10.5. The highest BCUT2D eigenvalue weighted by molar-refractivity contribution is 5.95. The van der Waals surface area contributed by atoms with Gasteiger partial charge in [-0.1, -0.05) is 0 Å². The fourth-order valence-corrected chi connectivity index (χ4v) is 3.26. The fourth-order valence-electron chi connectivity index (χ4n) is 3.26. The van der Waals surface area contributed by atoms with Gasteiger partial charge in [-0.25, -0.2) is 9.78 Å². The van der Waals surface area contributed by atoms with Gasteiger partial charge in [0.05, 0.1) is 18.8 Å². The second-order valence-corrected chi connectivity index (χ2v) is 7.32. The monoisotopic (exact) mass is 438 g/mol. The summed E-state index contributed by atoms with van der Waals surface area (Å²) in [7, 11) is 0. The topological polar surface area (TPSA) is 208 Å². The molecular formula is C18H26N6O7. The molecule has 3 amide bonds. The van der Waals surface area contributed by atoms with Gasteiger partial charge < -0.3 is 36.5 Å². The maximum atomic E-state index is 12.9. The van der Waals surface area contributed by atoms with Crippen molar-refractivity contribution in [2.24, 2.45) is 5.73 Å². The lowest BCUT2D eigenvalue weighted by atomic mass is 10.1. The minimum Gasteiger partial charge on any atom is -0.481 e. The highest BCUT2D eigenvalue weighted by Gasteiger charge is 2.39. The summed E-state index contributed by atoms with van der Waals surface area (Å²) in [5, 5.41) is 23.3. The number of hydrogen-bond donors (Lipinski definition) is 6. The predicted molar refractivity (Wildman–Crippen MR) is 104 cm³/mol. The number of aromatic amines is 1. The number of likely N-dealkylation sites (tertiary alicyclic amines) is 1. The van der Waals surface area contributed by atoms with Crippen molar-refractivity contribution in [2.45, 2.75) is 56.8 Å². The lowest BCUT2D eigenvalue weighted by molar-refractivity contribution is -0.150. The molecule has 1 aliphatic rings. The molecule has 4 atom stereocenters. The molecule has 13 nitrogen and oxygen atoms in total. The fraction of sp³-hybridized carbons (Fsp3) is 0.556. The zero-order valence-electron chi connectivity index (χ0n) is 16.9. The molecule has 0 spiro atoms. The van der Waals surface area contributed by atoms with E-state index in [2.05, 4.69) is 20.6 Å². The third-order valence-corrected chi connectivity index (χ3v) is 4.84. The third-order valence-electron chi connectivity index (χ3n) is 4.84. The van der Waals surface area contributed by atoms with Crippen molar-refractivity contribution < 1.29 is 34.2 Å². The molecule has 31 heavy (non-hydrogen) atoms. The Kier molecular flexibility index (Phi) is 8.07. The molecular weight excluding hydrogens is 412 g/mol. The number of rotatable bonds is 10. The first kappa shape index (κ1) is 23.8. The molecule has 0 saturated carbocycles. The highest BCUT2D eigenvalue weighted by atomic mass is 16.4. The zero-order valence-corrected chi connectivity index (χ0v) is 16.9. The van der Waals surface area contributed by atoms with Gasteiger partial charge in [0.1, 0.15) is 18.1 Å². The van der Waals surface area contributed by atoms with E-state index in [9.17, 15) is 34.2 Å². The largest absolute Gasteiger partial charge is 0.481 e. The molecule has 0 bridgehead atoms. The zero-order chi connectivity index (χ0) is 23.1. The van der Waals surface area contributed by atoms with Crippen LogP contribution in [0.3, 0.4) is 0 Å². The van der Waals surface area contributed by atoms with Gasteiger partial charge in [0.25, 0.3) is 0 Å². The number of H-pyrrole nitrogens is 1. The van der Waals surface area contributed by atoms with Gasteiger partial charge >= 0.3 is 11.9 Å². The van der Waals surface area contributed by atoms with E-state index in [-0.39, 0.29) is 19.4 Å². The average molecular weight is 438 g/mol. The lowest BCUT2D eigenvalue weighted by Crippen LogP contribution is -2.57. The maximum absolute atomic E-state index is 12.9. The maximum Gasteiger partial charge on any atom is 0.326 e. The summed E-state index contributed by atoms with van der Waals surface area (Å²) in [6.07, 6.45) is 2.75. The Balaban J connectivity index is 2.20. The number of imidazole rings is 1. The molecule has 170 valence electrons. The predicted octanol–water partition coefficient (Wildman–Crippen LogP) is -2.18. The van der Waals surface area contributed by atoms with Crippen molar-refractivity contribution in [3.8, 4) is 0 Å². The summed E-state index contributed by atoms with van der Waals surface area (Å²) >= 11 is 0. The number of nitrogens with one attached hydrogen (secondary N) is 3. The van der Waals surface area contributed by atoms with Crippen LogP contribution in [-0.4, -0.2) is 85.5 Å². The van der Waals surface area contributed by atoms with E-state index < -0.39 is 60.2 Å². The quantitative estimate of drug-likeness (QED) is 0.234. The van der Waals surface area contributed by atoms with Crippen LogP contribution < -0.4 is 16.4 Å². The van der Waals surface area contributed by atoms with Crippen LogP contribution in [0.25, 0.3) is 0 Å². The highest BCUT2D eigenvalue weighted by Crippen LogP contribution is 2.19. The van der Waals surface area contributed by atoms with Crippen LogP contribution in [0, 0.1) is 0 Å². The first-order chi connectivity index (χ1) is 14.6. The summed E-state index contributed by atoms with van der Waals surface area (Å²) in [5.74, 6) is -4.79. The Labute approximate surface area is 177 Å². The summed E-state index contributed by atoms with van der Waals surface area (Å²) in [6, 6.07) is -4.66. The Hall–Kier alpha value is -3.48. The van der Waals surface area contributed by atoms with E-state index in [1.165, 1.54) is 19.4 Å². The summed E-state index contributed by atoms with van der Waals surface area (Å²) in [5.41, 5.74) is 6.05. The third kappa shape index (κ3) is 6.50. The van der Waals surface area contributed by atoms with E-state index in [1.54, 1.807) is 0 Å². The number of nitrogens with zero attached hydrogens (tertiary/aromatic N) is 2. The first-order valence-electron chi connectivity index (χ1n) is 9.68. The van der Waals surface area contributed by atoms with Crippen LogP contribution in [0.5, 0.6) is 0 Å². The number of carboxylic acid groups (broad SMARTS) is 2. The van der Waals surface area contributed by atoms with Crippen LogP contribution in [0.1, 0.15) is 31.9 Å². The number of amides is 3. The van der Waals surface area contributed by atoms with Crippen molar-refractivity contribution in [3.63, 3.8) is 0 Å². The van der Waals surface area contributed by atoms with Gasteiger partial charge in [-0.05, 0) is 19.8 Å². The van der Waals surface area contributed by atoms with E-state index in [1.807, 2.05) is 0 Å². The van der Waals surface area contributed by atoms with Gasteiger partial charge in [0, 0.05) is 24.9 Å². The molecule has 1 aromatic rings.